The highest BCUT2D eigenvalue weighted by molar-refractivity contribution is 5.86. The minimum atomic E-state index is -0.0705. The average Bonchev–Trinajstić information content (AvgIpc) is 2.35. The largest absolute Gasteiger partial charge is 0.352 e. The summed E-state index contributed by atoms with van der Waals surface area (Å²) >= 11 is 0. The lowest BCUT2D eigenvalue weighted by Gasteiger charge is -2.24. The minimum Gasteiger partial charge on any atom is -0.352 e. The van der Waals surface area contributed by atoms with Gasteiger partial charge in [0.2, 0.25) is 5.91 Å². The van der Waals surface area contributed by atoms with E-state index in [1.807, 2.05) is 0 Å². The molecular formula is C14H17NO. The molecule has 2 nitrogen and oxygen atoms in total. The van der Waals surface area contributed by atoms with E-state index in [9.17, 15) is 4.79 Å². The Hall–Kier alpha value is -1.57. The monoisotopic (exact) mass is 215 g/mol. The molecule has 0 heterocycles. The zero-order valence-electron chi connectivity index (χ0n) is 9.41. The normalized spacial score (nSPS) is 18.6. The van der Waals surface area contributed by atoms with Gasteiger partial charge in [0.1, 0.15) is 0 Å². The van der Waals surface area contributed by atoms with Crippen LogP contribution in [0.15, 0.2) is 36.9 Å². The molecule has 0 bridgehead atoms. The van der Waals surface area contributed by atoms with Crippen molar-refractivity contribution < 1.29 is 4.79 Å². The summed E-state index contributed by atoms with van der Waals surface area (Å²) in [5.41, 5.74) is 2.90. The van der Waals surface area contributed by atoms with Gasteiger partial charge in [0, 0.05) is 6.54 Å². The van der Waals surface area contributed by atoms with Gasteiger partial charge in [-0.05, 0) is 42.4 Å². The summed E-state index contributed by atoms with van der Waals surface area (Å²) in [5, 5.41) is 2.88. The number of carbonyl (C=O) groups excluding carboxylic acids is 1. The molecule has 0 aliphatic heterocycles. The first-order chi connectivity index (χ1) is 7.79. The van der Waals surface area contributed by atoms with Crippen LogP contribution in [0.3, 0.4) is 0 Å². The van der Waals surface area contributed by atoms with E-state index in [0.29, 0.717) is 5.92 Å². The van der Waals surface area contributed by atoms with E-state index in [2.05, 4.69) is 36.2 Å². The number of carbonyl (C=O) groups is 1. The highest BCUT2D eigenvalue weighted by Gasteiger charge is 2.18. The molecule has 1 aromatic rings. The van der Waals surface area contributed by atoms with Crippen molar-refractivity contribution in [2.45, 2.75) is 19.3 Å². The van der Waals surface area contributed by atoms with Crippen molar-refractivity contribution >= 4 is 5.91 Å². The molecular weight excluding hydrogens is 198 g/mol. The third-order valence-corrected chi connectivity index (χ3v) is 3.20. The predicted molar refractivity (Wildman–Crippen MR) is 65.2 cm³/mol. The predicted octanol–water partition coefficient (Wildman–Crippen LogP) is 2.09. The number of nitrogens with one attached hydrogen (secondary N) is 1. The highest BCUT2D eigenvalue weighted by atomic mass is 16.1. The lowest BCUT2D eigenvalue weighted by molar-refractivity contribution is -0.116. The molecule has 0 saturated carbocycles. The van der Waals surface area contributed by atoms with Crippen LogP contribution in [0.4, 0.5) is 0 Å². The van der Waals surface area contributed by atoms with Gasteiger partial charge in [-0.15, -0.1) is 0 Å². The van der Waals surface area contributed by atoms with Crippen LogP contribution < -0.4 is 5.32 Å². The van der Waals surface area contributed by atoms with E-state index in [0.717, 1.165) is 25.8 Å². The number of aryl methyl sites for hydroxylation is 1. The second-order valence-corrected chi connectivity index (χ2v) is 4.33. The van der Waals surface area contributed by atoms with Crippen molar-refractivity contribution in [3.05, 3.63) is 48.0 Å². The molecule has 1 N–H and O–H groups in total. The molecule has 0 fully saturated rings. The minimum absolute atomic E-state index is 0.0705. The molecule has 1 aliphatic rings. The summed E-state index contributed by atoms with van der Waals surface area (Å²) in [7, 11) is 0. The molecule has 1 unspecified atom stereocenters. The van der Waals surface area contributed by atoms with E-state index in [4.69, 9.17) is 0 Å². The van der Waals surface area contributed by atoms with E-state index >= 15 is 0 Å². The van der Waals surface area contributed by atoms with Crippen LogP contribution in [-0.2, 0) is 17.6 Å². The zero-order valence-corrected chi connectivity index (χ0v) is 9.41. The van der Waals surface area contributed by atoms with Crippen molar-refractivity contribution in [3.8, 4) is 0 Å². The van der Waals surface area contributed by atoms with E-state index in [1.165, 1.54) is 17.2 Å². The summed E-state index contributed by atoms with van der Waals surface area (Å²) in [6.45, 7) is 4.21. The number of fused-ring (bicyclic) bond motifs is 1. The molecule has 1 atom stereocenters. The average molecular weight is 215 g/mol. The van der Waals surface area contributed by atoms with Gasteiger partial charge in [-0.2, -0.15) is 0 Å². The number of benzene rings is 1. The lowest BCUT2D eigenvalue weighted by atomic mass is 9.84. The molecule has 1 amide bonds. The summed E-state index contributed by atoms with van der Waals surface area (Å²) in [6.07, 6.45) is 4.70. The third kappa shape index (κ3) is 2.51. The third-order valence-electron chi connectivity index (χ3n) is 3.20. The van der Waals surface area contributed by atoms with E-state index in [1.54, 1.807) is 0 Å². The van der Waals surface area contributed by atoms with Crippen LogP contribution in [0.5, 0.6) is 0 Å². The van der Waals surface area contributed by atoms with Crippen LogP contribution in [-0.4, -0.2) is 12.5 Å². The number of rotatable bonds is 3. The second-order valence-electron chi connectivity index (χ2n) is 4.33. The fraction of sp³-hybridized carbons (Fsp3) is 0.357. The Bertz CT molecular complexity index is 397. The van der Waals surface area contributed by atoms with E-state index < -0.39 is 0 Å². The Labute approximate surface area is 96.4 Å². The molecule has 0 saturated heterocycles. The second kappa shape index (κ2) is 4.97. The molecule has 1 aromatic carbocycles. The topological polar surface area (TPSA) is 29.1 Å². The maximum absolute atomic E-state index is 11.1. The van der Waals surface area contributed by atoms with Gasteiger partial charge >= 0.3 is 0 Å². The van der Waals surface area contributed by atoms with Crippen molar-refractivity contribution in [2.75, 3.05) is 6.54 Å². The summed E-state index contributed by atoms with van der Waals surface area (Å²) in [4.78, 5) is 11.1. The van der Waals surface area contributed by atoms with Gasteiger partial charge in [0.05, 0.1) is 0 Å². The smallest absolute Gasteiger partial charge is 0.243 e. The number of hydrogen-bond donors (Lipinski definition) is 1. The van der Waals surface area contributed by atoms with Gasteiger partial charge in [0.25, 0.3) is 0 Å². The lowest BCUT2D eigenvalue weighted by Crippen LogP contribution is -2.30. The van der Waals surface area contributed by atoms with Crippen LogP contribution in [0, 0.1) is 5.92 Å². The molecule has 0 aromatic heterocycles. The zero-order chi connectivity index (χ0) is 11.4. The Kier molecular flexibility index (Phi) is 3.40. The van der Waals surface area contributed by atoms with Gasteiger partial charge in [-0.3, -0.25) is 4.79 Å². The van der Waals surface area contributed by atoms with Crippen molar-refractivity contribution in [3.63, 3.8) is 0 Å². The summed E-state index contributed by atoms with van der Waals surface area (Å²) < 4.78 is 0. The molecule has 2 heteroatoms. The Balaban J connectivity index is 1.93. The Morgan fingerprint density at radius 2 is 2.19 bits per heavy atom. The number of amides is 1. The first-order valence-electron chi connectivity index (χ1n) is 5.76. The van der Waals surface area contributed by atoms with Crippen LogP contribution in [0.1, 0.15) is 17.5 Å². The van der Waals surface area contributed by atoms with Crippen molar-refractivity contribution in [1.29, 1.82) is 0 Å². The first-order valence-corrected chi connectivity index (χ1v) is 5.76. The van der Waals surface area contributed by atoms with Gasteiger partial charge in [0.15, 0.2) is 0 Å². The van der Waals surface area contributed by atoms with Crippen LogP contribution in [0.2, 0.25) is 0 Å². The molecule has 2 rings (SSSR count). The van der Waals surface area contributed by atoms with Crippen LogP contribution >= 0.6 is 0 Å². The van der Waals surface area contributed by atoms with Gasteiger partial charge in [-0.1, -0.05) is 30.8 Å². The molecule has 0 spiro atoms. The molecule has 0 radical (unpaired) electrons. The van der Waals surface area contributed by atoms with E-state index in [-0.39, 0.29) is 5.91 Å². The standard InChI is InChI=1S/C14H17NO/c1-2-14(16)15-10-11-7-8-12-5-3-4-6-13(12)9-11/h2-6,11H,1,7-10H2,(H,15,16). The molecule has 16 heavy (non-hydrogen) atoms. The highest BCUT2D eigenvalue weighted by Crippen LogP contribution is 2.24. The Morgan fingerprint density at radius 3 is 2.94 bits per heavy atom. The van der Waals surface area contributed by atoms with Gasteiger partial charge in [-0.25, -0.2) is 0 Å². The number of hydrogen-bond acceptors (Lipinski definition) is 1. The SMILES string of the molecule is C=CC(=O)NCC1CCc2ccccc2C1. The maximum Gasteiger partial charge on any atom is 0.243 e. The quantitative estimate of drug-likeness (QED) is 0.769. The molecule has 1 aliphatic carbocycles. The van der Waals surface area contributed by atoms with Crippen molar-refractivity contribution in [2.24, 2.45) is 5.92 Å². The van der Waals surface area contributed by atoms with Gasteiger partial charge < -0.3 is 5.32 Å². The fourth-order valence-electron chi connectivity index (χ4n) is 2.26. The fourth-order valence-corrected chi connectivity index (χ4v) is 2.26. The van der Waals surface area contributed by atoms with Crippen LogP contribution in [0.25, 0.3) is 0 Å². The first kappa shape index (κ1) is 10.9. The van der Waals surface area contributed by atoms with Crippen molar-refractivity contribution in [1.82, 2.24) is 5.32 Å². The molecule has 84 valence electrons. The summed E-state index contributed by atoms with van der Waals surface area (Å²) in [6, 6.07) is 8.58. The Morgan fingerprint density at radius 1 is 1.44 bits per heavy atom. The summed E-state index contributed by atoms with van der Waals surface area (Å²) in [5.74, 6) is 0.498. The maximum atomic E-state index is 11.1.